The second-order valence-electron chi connectivity index (χ2n) is 12.0. The van der Waals surface area contributed by atoms with Crippen LogP contribution in [0.25, 0.3) is 0 Å². The van der Waals surface area contributed by atoms with Crippen molar-refractivity contribution in [2.75, 3.05) is 6.61 Å². The maximum atomic E-state index is 12.3. The van der Waals surface area contributed by atoms with E-state index >= 15 is 0 Å². The van der Waals surface area contributed by atoms with Crippen LogP contribution in [-0.4, -0.2) is 32.0 Å². The van der Waals surface area contributed by atoms with Gasteiger partial charge in [-0.3, -0.25) is 9.59 Å². The van der Waals surface area contributed by atoms with Crippen molar-refractivity contribution in [3.8, 4) is 0 Å². The first-order valence-electron chi connectivity index (χ1n) is 14.4. The van der Waals surface area contributed by atoms with Crippen LogP contribution in [0.4, 0.5) is 0 Å². The molecule has 4 rings (SSSR count). The molecule has 1 fully saturated rings. The average molecular weight is 559 g/mol. The summed E-state index contributed by atoms with van der Waals surface area (Å²) >= 11 is 0. The van der Waals surface area contributed by atoms with Crippen molar-refractivity contribution >= 4 is 30.6 Å². The summed E-state index contributed by atoms with van der Waals surface area (Å²) < 4.78 is 13.3. The zero-order valence-corrected chi connectivity index (χ0v) is 25.1. The van der Waals surface area contributed by atoms with Gasteiger partial charge in [0.25, 0.3) is 8.32 Å². The van der Waals surface area contributed by atoms with E-state index in [0.29, 0.717) is 13.0 Å². The highest BCUT2D eigenvalue weighted by Crippen LogP contribution is 2.45. The molecule has 0 aliphatic heterocycles. The van der Waals surface area contributed by atoms with Gasteiger partial charge in [-0.2, -0.15) is 0 Å². The molecule has 3 aromatic carbocycles. The van der Waals surface area contributed by atoms with Gasteiger partial charge in [0.05, 0.1) is 0 Å². The SMILES string of the molecule is CC(=O)OC(c1ccccc1CCC(=O)O)[C@@H]1CCC[C@H]1CO[Si](c1ccccc1)(c1ccccc1)C(C)(C)C. The third kappa shape index (κ3) is 6.56. The van der Waals surface area contributed by atoms with E-state index in [1.807, 2.05) is 24.3 Å². The topological polar surface area (TPSA) is 72.8 Å². The van der Waals surface area contributed by atoms with E-state index < -0.39 is 20.4 Å². The molecule has 1 unspecified atom stereocenters. The van der Waals surface area contributed by atoms with Crippen LogP contribution in [-0.2, 0) is 25.2 Å². The Morgan fingerprint density at radius 3 is 2.02 bits per heavy atom. The third-order valence-corrected chi connectivity index (χ3v) is 13.3. The number of aryl methyl sites for hydroxylation is 1. The fourth-order valence-corrected chi connectivity index (χ4v) is 11.1. The lowest BCUT2D eigenvalue weighted by molar-refractivity contribution is -0.151. The van der Waals surface area contributed by atoms with Crippen LogP contribution in [0.2, 0.25) is 5.04 Å². The molecule has 0 radical (unpaired) electrons. The molecule has 1 aliphatic rings. The third-order valence-electron chi connectivity index (χ3n) is 8.30. The Labute approximate surface area is 239 Å². The van der Waals surface area contributed by atoms with E-state index in [9.17, 15) is 14.7 Å². The quantitative estimate of drug-likeness (QED) is 0.221. The number of hydrogen-bond acceptors (Lipinski definition) is 4. The molecular weight excluding hydrogens is 516 g/mol. The van der Waals surface area contributed by atoms with Gasteiger partial charge in [0.2, 0.25) is 0 Å². The second-order valence-corrected chi connectivity index (χ2v) is 16.3. The van der Waals surface area contributed by atoms with Crippen LogP contribution in [0, 0.1) is 11.8 Å². The van der Waals surface area contributed by atoms with Crippen LogP contribution in [0.15, 0.2) is 84.9 Å². The monoisotopic (exact) mass is 558 g/mol. The molecule has 40 heavy (non-hydrogen) atoms. The Kier molecular flexibility index (Phi) is 9.64. The molecule has 0 heterocycles. The predicted molar refractivity (Wildman–Crippen MR) is 161 cm³/mol. The highest BCUT2D eigenvalue weighted by Gasteiger charge is 2.51. The Balaban J connectivity index is 1.69. The number of aliphatic carboxylic acids is 1. The largest absolute Gasteiger partial charge is 0.481 e. The zero-order valence-electron chi connectivity index (χ0n) is 24.1. The van der Waals surface area contributed by atoms with Gasteiger partial charge in [-0.25, -0.2) is 0 Å². The van der Waals surface area contributed by atoms with Crippen LogP contribution >= 0.6 is 0 Å². The van der Waals surface area contributed by atoms with Crippen molar-refractivity contribution < 1.29 is 23.9 Å². The number of rotatable bonds is 11. The first-order valence-corrected chi connectivity index (χ1v) is 16.3. The van der Waals surface area contributed by atoms with Crippen molar-refractivity contribution in [1.29, 1.82) is 0 Å². The molecule has 3 atom stereocenters. The number of carbonyl (C=O) groups is 2. The van der Waals surface area contributed by atoms with Gasteiger partial charge in [-0.05, 0) is 51.7 Å². The van der Waals surface area contributed by atoms with Gasteiger partial charge < -0.3 is 14.3 Å². The second kappa shape index (κ2) is 13.0. The molecule has 0 spiro atoms. The molecule has 5 nitrogen and oxygen atoms in total. The van der Waals surface area contributed by atoms with E-state index in [1.165, 1.54) is 17.3 Å². The van der Waals surface area contributed by atoms with Crippen molar-refractivity contribution in [2.45, 2.75) is 70.9 Å². The first-order chi connectivity index (χ1) is 19.1. The fraction of sp³-hybridized carbons (Fsp3) is 0.412. The number of benzene rings is 3. The van der Waals surface area contributed by atoms with Crippen LogP contribution in [0.5, 0.6) is 0 Å². The fourth-order valence-electron chi connectivity index (χ4n) is 6.51. The zero-order chi connectivity index (χ0) is 28.8. The van der Waals surface area contributed by atoms with E-state index in [4.69, 9.17) is 9.16 Å². The van der Waals surface area contributed by atoms with Crippen molar-refractivity contribution in [3.63, 3.8) is 0 Å². The summed E-state index contributed by atoms with van der Waals surface area (Å²) in [5.74, 6) is -0.862. The smallest absolute Gasteiger partial charge is 0.303 e. The van der Waals surface area contributed by atoms with Gasteiger partial charge in [-0.15, -0.1) is 0 Å². The lowest BCUT2D eigenvalue weighted by Crippen LogP contribution is -2.67. The molecule has 212 valence electrons. The lowest BCUT2D eigenvalue weighted by atomic mass is 9.84. The van der Waals surface area contributed by atoms with Crippen LogP contribution in [0.3, 0.4) is 0 Å². The number of carbonyl (C=O) groups excluding carboxylic acids is 1. The minimum atomic E-state index is -2.70. The van der Waals surface area contributed by atoms with Gasteiger partial charge in [0, 0.05) is 25.9 Å². The molecule has 0 aromatic heterocycles. The summed E-state index contributed by atoms with van der Waals surface area (Å²) in [4.78, 5) is 23.7. The minimum absolute atomic E-state index is 0.0366. The number of esters is 1. The minimum Gasteiger partial charge on any atom is -0.481 e. The Morgan fingerprint density at radius 1 is 0.900 bits per heavy atom. The van der Waals surface area contributed by atoms with E-state index in [0.717, 1.165) is 30.4 Å². The Morgan fingerprint density at radius 2 is 1.48 bits per heavy atom. The summed E-state index contributed by atoms with van der Waals surface area (Å²) in [6.45, 7) is 8.88. The Hall–Kier alpha value is -3.22. The van der Waals surface area contributed by atoms with Gasteiger partial charge in [0.1, 0.15) is 6.10 Å². The summed E-state index contributed by atoms with van der Waals surface area (Å²) in [7, 11) is -2.70. The molecular formula is C34H42O5Si. The summed E-state index contributed by atoms with van der Waals surface area (Å²) in [5, 5.41) is 11.7. The molecule has 1 N–H and O–H groups in total. The molecule has 0 saturated heterocycles. The highest BCUT2D eigenvalue weighted by atomic mass is 28.4. The molecule has 1 aliphatic carbocycles. The number of hydrogen-bond donors (Lipinski definition) is 1. The summed E-state index contributed by atoms with van der Waals surface area (Å²) in [6.07, 6.45) is 2.97. The molecule has 3 aromatic rings. The van der Waals surface area contributed by atoms with E-state index in [2.05, 4.69) is 81.4 Å². The normalized spacial score (nSPS) is 18.3. The predicted octanol–water partition coefficient (Wildman–Crippen LogP) is 6.30. The number of carboxylic acids is 1. The van der Waals surface area contributed by atoms with Crippen molar-refractivity contribution in [1.82, 2.24) is 0 Å². The van der Waals surface area contributed by atoms with E-state index in [-0.39, 0.29) is 29.3 Å². The average Bonchev–Trinajstić information content (AvgIpc) is 3.40. The maximum absolute atomic E-state index is 12.3. The molecule has 0 amide bonds. The summed E-state index contributed by atoms with van der Waals surface area (Å²) in [5.41, 5.74) is 1.84. The lowest BCUT2D eigenvalue weighted by Gasteiger charge is -2.44. The highest BCUT2D eigenvalue weighted by molar-refractivity contribution is 6.99. The first kappa shape index (κ1) is 29.8. The van der Waals surface area contributed by atoms with Crippen molar-refractivity contribution in [2.24, 2.45) is 11.8 Å². The van der Waals surface area contributed by atoms with Crippen LogP contribution < -0.4 is 10.4 Å². The van der Waals surface area contributed by atoms with Crippen LogP contribution in [0.1, 0.15) is 70.6 Å². The van der Waals surface area contributed by atoms with Gasteiger partial charge in [0.15, 0.2) is 0 Å². The number of ether oxygens (including phenoxy) is 1. The van der Waals surface area contributed by atoms with Crippen molar-refractivity contribution in [3.05, 3.63) is 96.1 Å². The molecule has 6 heteroatoms. The van der Waals surface area contributed by atoms with Gasteiger partial charge >= 0.3 is 11.9 Å². The maximum Gasteiger partial charge on any atom is 0.303 e. The summed E-state index contributed by atoms with van der Waals surface area (Å²) in [6, 6.07) is 29.1. The van der Waals surface area contributed by atoms with Gasteiger partial charge in [-0.1, -0.05) is 112 Å². The Bertz CT molecular complexity index is 1230. The molecule has 0 bridgehead atoms. The molecule has 1 saturated carbocycles. The van der Waals surface area contributed by atoms with E-state index in [1.54, 1.807) is 0 Å². The standard InChI is InChI=1S/C34H42O5Si/c1-25(35)39-33(30-20-12-11-14-26(30)22-23-32(36)37)31-21-13-15-27(31)24-38-40(34(2,3)4,28-16-7-5-8-17-28)29-18-9-6-10-19-29/h5-12,14,16-20,27,31,33H,13,15,21-24H2,1-4H3,(H,36,37)/t27-,31+,33?/m0/s1. The number of carboxylic acid groups (broad SMARTS) is 1.